The van der Waals surface area contributed by atoms with E-state index in [0.717, 1.165) is 45.4 Å². The predicted molar refractivity (Wildman–Crippen MR) is 122 cm³/mol. The molecule has 0 saturated carbocycles. The van der Waals surface area contributed by atoms with Gasteiger partial charge in [0.1, 0.15) is 21.5 Å². The van der Waals surface area contributed by atoms with Crippen molar-refractivity contribution >= 4 is 33.3 Å². The molecule has 0 radical (unpaired) electrons. The van der Waals surface area contributed by atoms with Crippen molar-refractivity contribution in [1.82, 2.24) is 29.6 Å². The Morgan fingerprint density at radius 3 is 2.65 bits per heavy atom. The molecule has 1 unspecified atom stereocenters. The van der Waals surface area contributed by atoms with Crippen LogP contribution in [0.5, 0.6) is 0 Å². The van der Waals surface area contributed by atoms with Gasteiger partial charge in [-0.3, -0.25) is 9.47 Å². The summed E-state index contributed by atoms with van der Waals surface area (Å²) in [4.78, 5) is 14.0. The zero-order valence-corrected chi connectivity index (χ0v) is 19.5. The van der Waals surface area contributed by atoms with Crippen molar-refractivity contribution < 1.29 is 4.39 Å². The van der Waals surface area contributed by atoms with Crippen molar-refractivity contribution in [1.29, 1.82) is 0 Å². The van der Waals surface area contributed by atoms with Crippen molar-refractivity contribution in [2.24, 2.45) is 0 Å². The molecule has 0 fully saturated rings. The van der Waals surface area contributed by atoms with E-state index < -0.39 is 0 Å². The van der Waals surface area contributed by atoms with E-state index in [2.05, 4.69) is 22.0 Å². The number of benzene rings is 1. The number of hydrogen-bond donors (Lipinski definition) is 0. The molecular formula is C22H23FN6S2. The maximum Gasteiger partial charge on any atom is 0.202 e. The molecule has 1 aromatic carbocycles. The molecule has 1 atom stereocenters. The summed E-state index contributed by atoms with van der Waals surface area (Å²) in [5.74, 6) is 1.29. The Morgan fingerprint density at radius 1 is 1.13 bits per heavy atom. The van der Waals surface area contributed by atoms with Crippen LogP contribution < -0.4 is 0 Å². The summed E-state index contributed by atoms with van der Waals surface area (Å²) in [6.07, 6.45) is 3.38. The molecule has 4 aromatic rings. The van der Waals surface area contributed by atoms with Gasteiger partial charge in [-0.15, -0.1) is 21.5 Å². The number of nitrogens with zero attached hydrogens (tertiary/aromatic N) is 6. The molecule has 0 bridgehead atoms. The maximum absolute atomic E-state index is 13.6. The average molecular weight is 455 g/mol. The molecule has 1 aliphatic carbocycles. The molecule has 1 aliphatic rings. The average Bonchev–Trinajstić information content (AvgIpc) is 3.42. The third-order valence-corrected chi connectivity index (χ3v) is 7.84. The highest BCUT2D eigenvalue weighted by Crippen LogP contribution is 2.42. The molecule has 0 aliphatic heterocycles. The monoisotopic (exact) mass is 454 g/mol. The second-order valence-electron chi connectivity index (χ2n) is 8.01. The molecule has 31 heavy (non-hydrogen) atoms. The van der Waals surface area contributed by atoms with Gasteiger partial charge in [-0.1, -0.05) is 0 Å². The van der Waals surface area contributed by atoms with Crippen LogP contribution in [0, 0.1) is 12.7 Å². The highest BCUT2D eigenvalue weighted by molar-refractivity contribution is 7.99. The first kappa shape index (κ1) is 20.5. The summed E-state index contributed by atoms with van der Waals surface area (Å²) in [6.45, 7) is 4.01. The van der Waals surface area contributed by atoms with Crippen molar-refractivity contribution in [3.8, 4) is 5.69 Å². The zero-order chi connectivity index (χ0) is 21.7. The van der Waals surface area contributed by atoms with E-state index in [1.807, 2.05) is 25.6 Å². The number of hydrogen-bond acceptors (Lipinski definition) is 7. The van der Waals surface area contributed by atoms with Gasteiger partial charge >= 0.3 is 0 Å². The lowest BCUT2D eigenvalue weighted by Gasteiger charge is -2.20. The fourth-order valence-electron chi connectivity index (χ4n) is 3.91. The number of fused-ring (bicyclic) bond motifs is 3. The van der Waals surface area contributed by atoms with Gasteiger partial charge in [0.05, 0.1) is 6.04 Å². The van der Waals surface area contributed by atoms with Gasteiger partial charge in [-0.05, 0) is 88.8 Å². The lowest BCUT2D eigenvalue weighted by Crippen LogP contribution is -2.20. The summed E-state index contributed by atoms with van der Waals surface area (Å²) >= 11 is 3.30. The Labute approximate surface area is 188 Å². The summed E-state index contributed by atoms with van der Waals surface area (Å²) in [5, 5.41) is 11.8. The highest BCUT2D eigenvalue weighted by Gasteiger charge is 2.26. The first-order chi connectivity index (χ1) is 14.9. The van der Waals surface area contributed by atoms with Crippen LogP contribution in [0.4, 0.5) is 4.39 Å². The van der Waals surface area contributed by atoms with Gasteiger partial charge in [-0.2, -0.15) is 0 Å². The van der Waals surface area contributed by atoms with Crippen molar-refractivity contribution in [3.05, 3.63) is 52.2 Å². The SMILES string of the molecule is Cc1nc(Sc2nnc(C(C)N(C)C)n2-c2ccc(F)cc2)c2c3c(sc2n1)CCC3. The molecule has 6 nitrogen and oxygen atoms in total. The predicted octanol–water partition coefficient (Wildman–Crippen LogP) is 4.98. The molecule has 5 rings (SSSR count). The van der Waals surface area contributed by atoms with E-state index in [-0.39, 0.29) is 11.9 Å². The highest BCUT2D eigenvalue weighted by atomic mass is 32.2. The minimum absolute atomic E-state index is 0.0319. The van der Waals surface area contributed by atoms with Crippen LogP contribution in [0.15, 0.2) is 34.4 Å². The molecule has 0 amide bonds. The molecule has 9 heteroatoms. The van der Waals surface area contributed by atoms with Crippen molar-refractivity contribution in [3.63, 3.8) is 0 Å². The largest absolute Gasteiger partial charge is 0.300 e. The van der Waals surface area contributed by atoms with E-state index in [9.17, 15) is 4.39 Å². The molecule has 0 N–H and O–H groups in total. The summed E-state index contributed by atoms with van der Waals surface area (Å²) in [5.41, 5.74) is 2.22. The van der Waals surface area contributed by atoms with Gasteiger partial charge in [0.15, 0.2) is 5.82 Å². The topological polar surface area (TPSA) is 59.7 Å². The second kappa shape index (κ2) is 7.96. The molecule has 160 valence electrons. The Morgan fingerprint density at radius 2 is 1.90 bits per heavy atom. The van der Waals surface area contributed by atoms with Gasteiger partial charge in [0, 0.05) is 16.0 Å². The number of aromatic nitrogens is 5. The fourth-order valence-corrected chi connectivity index (χ4v) is 6.32. The third kappa shape index (κ3) is 3.64. The third-order valence-electron chi connectivity index (χ3n) is 5.72. The Kier molecular flexibility index (Phi) is 5.27. The molecular weight excluding hydrogens is 431 g/mol. The number of halogens is 1. The normalized spacial score (nSPS) is 14.5. The minimum atomic E-state index is -0.268. The van der Waals surface area contributed by atoms with Gasteiger partial charge in [0.2, 0.25) is 5.16 Å². The molecule has 0 spiro atoms. The van der Waals surface area contributed by atoms with Crippen LogP contribution in [-0.4, -0.2) is 43.7 Å². The Bertz CT molecular complexity index is 1260. The minimum Gasteiger partial charge on any atom is -0.300 e. The lowest BCUT2D eigenvalue weighted by molar-refractivity contribution is 0.305. The summed E-state index contributed by atoms with van der Waals surface area (Å²) in [6, 6.07) is 6.49. The van der Waals surface area contributed by atoms with E-state index >= 15 is 0 Å². The smallest absolute Gasteiger partial charge is 0.202 e. The summed E-state index contributed by atoms with van der Waals surface area (Å²) < 4.78 is 15.6. The van der Waals surface area contributed by atoms with E-state index in [1.54, 1.807) is 23.5 Å². The van der Waals surface area contributed by atoms with Gasteiger partial charge in [0.25, 0.3) is 0 Å². The van der Waals surface area contributed by atoms with E-state index in [4.69, 9.17) is 9.97 Å². The molecule has 3 heterocycles. The van der Waals surface area contributed by atoms with Crippen LogP contribution in [0.2, 0.25) is 0 Å². The van der Waals surface area contributed by atoms with Gasteiger partial charge in [-0.25, -0.2) is 14.4 Å². The quantitative estimate of drug-likeness (QED) is 0.396. The first-order valence-corrected chi connectivity index (χ1v) is 11.9. The van der Waals surface area contributed by atoms with Crippen LogP contribution >= 0.6 is 23.1 Å². The zero-order valence-electron chi connectivity index (χ0n) is 17.9. The number of aryl methyl sites for hydroxylation is 3. The Balaban J connectivity index is 1.66. The Hall–Kier alpha value is -2.36. The fraction of sp³-hybridized carbons (Fsp3) is 0.364. The first-order valence-electron chi connectivity index (χ1n) is 10.3. The van der Waals surface area contributed by atoms with Gasteiger partial charge < -0.3 is 0 Å². The van der Waals surface area contributed by atoms with E-state index in [1.165, 1.54) is 40.8 Å². The second-order valence-corrected chi connectivity index (χ2v) is 10.0. The summed E-state index contributed by atoms with van der Waals surface area (Å²) in [7, 11) is 4.01. The van der Waals surface area contributed by atoms with Crippen LogP contribution in [-0.2, 0) is 12.8 Å². The number of thiophene rings is 1. The standard InChI is InChI=1S/C22H23FN6S2/c1-12(28(3)4)19-26-27-22(29(19)15-10-8-14(23)9-11-15)31-21-18-16-6-5-7-17(16)30-20(18)24-13(2)25-21/h8-12H,5-7H2,1-4H3. The van der Waals surface area contributed by atoms with E-state index in [0.29, 0.717) is 5.16 Å². The maximum atomic E-state index is 13.6. The number of rotatable bonds is 5. The van der Waals surface area contributed by atoms with Crippen LogP contribution in [0.3, 0.4) is 0 Å². The van der Waals surface area contributed by atoms with Crippen molar-refractivity contribution in [2.45, 2.75) is 49.3 Å². The molecule has 0 saturated heterocycles. The van der Waals surface area contributed by atoms with Crippen molar-refractivity contribution in [2.75, 3.05) is 14.1 Å². The lowest BCUT2D eigenvalue weighted by atomic mass is 10.2. The molecule has 3 aromatic heterocycles. The van der Waals surface area contributed by atoms with Crippen LogP contribution in [0.25, 0.3) is 15.9 Å². The van der Waals surface area contributed by atoms with Crippen LogP contribution in [0.1, 0.15) is 41.5 Å².